The Morgan fingerprint density at radius 2 is 1.89 bits per heavy atom. The molecule has 2 heterocycles. The molecule has 0 bridgehead atoms. The van der Waals surface area contributed by atoms with Gasteiger partial charge in [0, 0.05) is 41.1 Å². The quantitative estimate of drug-likeness (QED) is 0.179. The highest BCUT2D eigenvalue weighted by Crippen LogP contribution is 2.33. The molecule has 0 radical (unpaired) electrons. The summed E-state index contributed by atoms with van der Waals surface area (Å²) in [6.45, 7) is 6.17. The molecule has 1 aliphatic rings. The number of hydrogen-bond donors (Lipinski definition) is 1. The molecule has 1 amide bonds. The molecule has 2 aromatic carbocycles. The van der Waals surface area contributed by atoms with Gasteiger partial charge < -0.3 is 14.3 Å². The summed E-state index contributed by atoms with van der Waals surface area (Å²) in [5.74, 6) is 2.92. The van der Waals surface area contributed by atoms with Crippen molar-refractivity contribution in [2.75, 3.05) is 42.6 Å². The lowest BCUT2D eigenvalue weighted by Gasteiger charge is -2.34. The van der Waals surface area contributed by atoms with Crippen molar-refractivity contribution in [3.05, 3.63) is 77.7 Å². The maximum atomic E-state index is 13.7. The van der Waals surface area contributed by atoms with E-state index in [1.807, 2.05) is 47.4 Å². The molecule has 0 atom stereocenters. The molecule has 0 aliphatic carbocycles. The van der Waals surface area contributed by atoms with Gasteiger partial charge in [0.05, 0.1) is 0 Å². The fraction of sp³-hybridized carbons (Fsp3) is 0.407. The molecule has 0 spiro atoms. The van der Waals surface area contributed by atoms with Crippen molar-refractivity contribution in [2.45, 2.75) is 31.1 Å². The first-order valence-electron chi connectivity index (χ1n) is 12.2. The van der Waals surface area contributed by atoms with Crippen LogP contribution in [-0.2, 0) is 6.42 Å². The molecule has 1 aromatic heterocycles. The minimum Gasteiger partial charge on any atom is -0.360 e. The molecule has 1 saturated heterocycles. The number of hydrogen-bond acceptors (Lipinski definition) is 7. The van der Waals surface area contributed by atoms with Crippen molar-refractivity contribution in [1.29, 1.82) is 0 Å². The largest absolute Gasteiger partial charge is 0.360 e. The molecule has 0 N–H and O–H groups in total. The fourth-order valence-corrected chi connectivity index (χ4v) is 6.74. The zero-order valence-corrected chi connectivity index (χ0v) is 22.7. The molecule has 1 aliphatic heterocycles. The molecular weight excluding hydrogens is 495 g/mol. The lowest BCUT2D eigenvalue weighted by molar-refractivity contribution is 0.0967. The van der Waals surface area contributed by atoms with Crippen LogP contribution < -0.4 is 4.90 Å². The van der Waals surface area contributed by atoms with E-state index in [2.05, 4.69) is 41.7 Å². The fourth-order valence-electron chi connectivity index (χ4n) is 4.31. The Hall–Kier alpha value is -1.87. The van der Waals surface area contributed by atoms with Crippen LogP contribution in [0.15, 0.2) is 70.1 Å². The molecular formula is C27H33N3O2S3. The summed E-state index contributed by atoms with van der Waals surface area (Å²) >= 11 is 4.28. The van der Waals surface area contributed by atoms with E-state index in [4.69, 9.17) is 4.52 Å². The molecule has 0 unspecified atom stereocenters. The monoisotopic (exact) mass is 527 g/mol. The van der Waals surface area contributed by atoms with Crippen molar-refractivity contribution >= 4 is 45.8 Å². The van der Waals surface area contributed by atoms with Gasteiger partial charge in [0.25, 0.3) is 5.91 Å². The van der Waals surface area contributed by atoms with Gasteiger partial charge >= 0.3 is 0 Å². The van der Waals surface area contributed by atoms with Crippen LogP contribution in [0.5, 0.6) is 0 Å². The van der Waals surface area contributed by atoms with E-state index in [0.717, 1.165) is 55.2 Å². The number of anilines is 1. The molecule has 3 aromatic rings. The third-order valence-corrected chi connectivity index (χ3v) is 9.23. The summed E-state index contributed by atoms with van der Waals surface area (Å²) in [7, 11) is 3.53. The van der Waals surface area contributed by atoms with E-state index in [0.29, 0.717) is 30.3 Å². The van der Waals surface area contributed by atoms with Crippen LogP contribution in [0, 0.1) is 5.92 Å². The van der Waals surface area contributed by atoms with Crippen LogP contribution in [-0.4, -0.2) is 53.6 Å². The van der Waals surface area contributed by atoms with Gasteiger partial charge in [-0.1, -0.05) is 64.0 Å². The number of thiol groups is 1. The van der Waals surface area contributed by atoms with E-state index in [-0.39, 0.29) is 5.91 Å². The lowest BCUT2D eigenvalue weighted by atomic mass is 9.95. The molecule has 1 fully saturated rings. The van der Waals surface area contributed by atoms with Gasteiger partial charge in [0.15, 0.2) is 5.69 Å². The molecule has 8 heteroatoms. The second-order valence-electron chi connectivity index (χ2n) is 8.76. The maximum Gasteiger partial charge on any atom is 0.280 e. The molecule has 186 valence electrons. The predicted molar refractivity (Wildman–Crippen MR) is 151 cm³/mol. The number of amides is 1. The van der Waals surface area contributed by atoms with Crippen molar-refractivity contribution in [2.24, 2.45) is 5.92 Å². The van der Waals surface area contributed by atoms with Crippen LogP contribution in [0.4, 0.5) is 5.69 Å². The highest BCUT2D eigenvalue weighted by atomic mass is 33.1. The summed E-state index contributed by atoms with van der Waals surface area (Å²) in [6, 6.07) is 20.2. The van der Waals surface area contributed by atoms with Crippen LogP contribution in [0.1, 0.15) is 41.6 Å². The number of nitrogens with zero attached hydrogens (tertiary/aromatic N) is 3. The first-order valence-corrected chi connectivity index (χ1v) is 15.2. The lowest BCUT2D eigenvalue weighted by Crippen LogP contribution is -2.41. The first kappa shape index (κ1) is 26.2. The summed E-state index contributed by atoms with van der Waals surface area (Å²) in [6.07, 6.45) is 2.82. The van der Waals surface area contributed by atoms with E-state index in [1.54, 1.807) is 27.7 Å². The van der Waals surface area contributed by atoms with Crippen molar-refractivity contribution in [1.82, 2.24) is 10.1 Å². The van der Waals surface area contributed by atoms with Crippen LogP contribution >= 0.6 is 34.2 Å². The number of likely N-dealkylation sites (tertiary alicyclic amines) is 1. The first-order chi connectivity index (χ1) is 17.2. The normalized spacial score (nSPS) is 14.8. The number of piperidine rings is 1. The Morgan fingerprint density at radius 1 is 1.14 bits per heavy atom. The zero-order valence-electron chi connectivity index (χ0n) is 20.1. The topological polar surface area (TPSA) is 49.6 Å². The average Bonchev–Trinajstić information content (AvgIpc) is 3.37. The van der Waals surface area contributed by atoms with Gasteiger partial charge in [-0.05, 0) is 68.2 Å². The van der Waals surface area contributed by atoms with Crippen LogP contribution in [0.3, 0.4) is 0 Å². The molecule has 35 heavy (non-hydrogen) atoms. The van der Waals surface area contributed by atoms with E-state index < -0.39 is 0 Å². The number of aromatic nitrogens is 1. The second-order valence-corrected chi connectivity index (χ2v) is 11.7. The summed E-state index contributed by atoms with van der Waals surface area (Å²) in [4.78, 5) is 19.2. The van der Waals surface area contributed by atoms with Gasteiger partial charge in [0.1, 0.15) is 5.76 Å². The molecule has 5 nitrogen and oxygen atoms in total. The number of carbonyl (C=O) groups excluding carboxylic acids is 1. The summed E-state index contributed by atoms with van der Waals surface area (Å²) in [5, 5.41) is 4.16. The van der Waals surface area contributed by atoms with E-state index >= 15 is 0 Å². The Bertz CT molecular complexity index is 1050. The Kier molecular flexibility index (Phi) is 10.1. The highest BCUT2D eigenvalue weighted by molar-refractivity contribution is 8.76. The highest BCUT2D eigenvalue weighted by Gasteiger charge is 2.27. The summed E-state index contributed by atoms with van der Waals surface area (Å²) < 4.78 is 5.55. The van der Waals surface area contributed by atoms with Gasteiger partial charge in [-0.2, -0.15) is 12.6 Å². The van der Waals surface area contributed by atoms with Gasteiger partial charge in [-0.3, -0.25) is 4.79 Å². The van der Waals surface area contributed by atoms with Gasteiger partial charge in [-0.15, -0.1) is 0 Å². The van der Waals surface area contributed by atoms with Crippen LogP contribution in [0.25, 0.3) is 0 Å². The minimum absolute atomic E-state index is 0.101. The second kappa shape index (κ2) is 13.4. The minimum atomic E-state index is -0.101. The number of benzene rings is 2. The molecule has 4 rings (SSSR count). The third-order valence-electron chi connectivity index (χ3n) is 6.32. The molecule has 0 saturated carbocycles. The maximum absolute atomic E-state index is 13.7. The van der Waals surface area contributed by atoms with Crippen molar-refractivity contribution in [3.8, 4) is 0 Å². The predicted octanol–water partition coefficient (Wildman–Crippen LogP) is 6.31. The van der Waals surface area contributed by atoms with E-state index in [1.165, 1.54) is 4.90 Å². The average molecular weight is 528 g/mol. The third kappa shape index (κ3) is 7.56. The van der Waals surface area contributed by atoms with Crippen LogP contribution in [0.2, 0.25) is 0 Å². The number of rotatable bonds is 11. The summed E-state index contributed by atoms with van der Waals surface area (Å²) in [5.41, 5.74) is 2.40. The smallest absolute Gasteiger partial charge is 0.280 e. The van der Waals surface area contributed by atoms with Crippen molar-refractivity contribution in [3.63, 3.8) is 0 Å². The van der Waals surface area contributed by atoms with Crippen molar-refractivity contribution < 1.29 is 9.32 Å². The Labute approximate surface area is 221 Å². The number of carbonyl (C=O) groups is 1. The van der Waals surface area contributed by atoms with Gasteiger partial charge in [-0.25, -0.2) is 0 Å². The Balaban J connectivity index is 1.50. The Morgan fingerprint density at radius 3 is 2.57 bits per heavy atom. The standard InChI is InChI=1S/C27H33N3O2S3/c1-2-29-14-12-22(13-15-29)20-30(23-8-10-25(11-9-23)35-34-17-16-33)27(31)26-19-24(32-28-26)18-21-6-4-3-5-7-21/h3-11,19,22,33H,2,12-18,20H2,1H3. The van der Waals surface area contributed by atoms with E-state index in [9.17, 15) is 4.79 Å². The SMILES string of the molecule is CCN1CCC(CN(C(=O)c2cc(Cc3ccccc3)on2)c2ccc(SSCCS)cc2)CC1. The van der Waals surface area contributed by atoms with Gasteiger partial charge in [0.2, 0.25) is 0 Å². The zero-order chi connectivity index (χ0) is 24.5.